The van der Waals surface area contributed by atoms with Gasteiger partial charge >= 0.3 is 0 Å². The third kappa shape index (κ3) is 2.16. The van der Waals surface area contributed by atoms with Crippen LogP contribution in [0, 0.1) is 6.92 Å². The Hall–Kier alpha value is -2.29. The van der Waals surface area contributed by atoms with E-state index in [0.29, 0.717) is 6.42 Å². The number of aryl methyl sites for hydroxylation is 1. The molecule has 1 N–H and O–H groups in total. The normalized spacial score (nSPS) is 16.7. The lowest BCUT2D eigenvalue weighted by atomic mass is 9.92. The fourth-order valence-electron chi connectivity index (χ4n) is 2.78. The third-order valence-corrected chi connectivity index (χ3v) is 3.81. The van der Waals surface area contributed by atoms with Crippen molar-refractivity contribution in [2.75, 3.05) is 12.4 Å². The summed E-state index contributed by atoms with van der Waals surface area (Å²) in [7, 11) is 1.67. The maximum absolute atomic E-state index is 12.1. The van der Waals surface area contributed by atoms with Crippen LogP contribution in [0.2, 0.25) is 0 Å². The molecule has 0 radical (unpaired) electrons. The van der Waals surface area contributed by atoms with Gasteiger partial charge in [0.25, 0.3) is 0 Å². The lowest BCUT2D eigenvalue weighted by Gasteiger charge is -2.11. The van der Waals surface area contributed by atoms with E-state index in [2.05, 4.69) is 11.4 Å². The fraction of sp³-hybridized carbons (Fsp3) is 0.235. The Kier molecular flexibility index (Phi) is 3.18. The first kappa shape index (κ1) is 12.7. The highest BCUT2D eigenvalue weighted by atomic mass is 16.5. The van der Waals surface area contributed by atoms with Crippen molar-refractivity contribution in [3.63, 3.8) is 0 Å². The predicted octanol–water partition coefficient (Wildman–Crippen LogP) is 3.28. The summed E-state index contributed by atoms with van der Waals surface area (Å²) in [6, 6.07) is 14.0. The number of anilines is 1. The molecule has 0 aliphatic carbocycles. The molecule has 2 aromatic carbocycles. The molecule has 0 saturated heterocycles. The van der Waals surface area contributed by atoms with Crippen molar-refractivity contribution in [3.05, 3.63) is 59.2 Å². The molecule has 1 atom stereocenters. The minimum Gasteiger partial charge on any atom is -0.496 e. The Morgan fingerprint density at radius 2 is 2.00 bits per heavy atom. The van der Waals surface area contributed by atoms with Crippen molar-refractivity contribution in [2.24, 2.45) is 0 Å². The molecule has 102 valence electrons. The molecule has 0 bridgehead atoms. The van der Waals surface area contributed by atoms with E-state index in [1.807, 2.05) is 43.3 Å². The number of methoxy groups -OCH3 is 1. The summed E-state index contributed by atoms with van der Waals surface area (Å²) in [5.41, 5.74) is 4.27. The van der Waals surface area contributed by atoms with Crippen LogP contribution in [0.3, 0.4) is 0 Å². The summed E-state index contributed by atoms with van der Waals surface area (Å²) in [6.07, 6.45) is 0.716. The molecular weight excluding hydrogens is 250 g/mol. The van der Waals surface area contributed by atoms with Gasteiger partial charge in [-0.15, -0.1) is 0 Å². The third-order valence-electron chi connectivity index (χ3n) is 3.81. The van der Waals surface area contributed by atoms with Gasteiger partial charge in [-0.2, -0.15) is 0 Å². The number of benzene rings is 2. The minimum absolute atomic E-state index is 0.0830. The van der Waals surface area contributed by atoms with Gasteiger partial charge in [0.1, 0.15) is 5.75 Å². The lowest BCUT2D eigenvalue weighted by Crippen LogP contribution is -2.14. The van der Waals surface area contributed by atoms with Gasteiger partial charge < -0.3 is 10.1 Å². The largest absolute Gasteiger partial charge is 0.496 e. The van der Waals surface area contributed by atoms with E-state index in [9.17, 15) is 4.79 Å². The molecule has 3 nitrogen and oxygen atoms in total. The second kappa shape index (κ2) is 5.00. The molecule has 3 heteroatoms. The zero-order valence-electron chi connectivity index (χ0n) is 11.6. The second-order valence-electron chi connectivity index (χ2n) is 5.14. The smallest absolute Gasteiger partial charge is 0.232 e. The van der Waals surface area contributed by atoms with Gasteiger partial charge in [-0.1, -0.05) is 30.3 Å². The maximum atomic E-state index is 12.1. The van der Waals surface area contributed by atoms with Crippen LogP contribution in [0.15, 0.2) is 42.5 Å². The van der Waals surface area contributed by atoms with E-state index in [1.54, 1.807) is 7.11 Å². The van der Waals surface area contributed by atoms with Crippen LogP contribution in [-0.4, -0.2) is 13.0 Å². The summed E-state index contributed by atoms with van der Waals surface area (Å²) in [5, 5.41) is 2.94. The molecule has 0 saturated carbocycles. The summed E-state index contributed by atoms with van der Waals surface area (Å²) < 4.78 is 5.27. The van der Waals surface area contributed by atoms with Crippen molar-refractivity contribution in [1.82, 2.24) is 0 Å². The predicted molar refractivity (Wildman–Crippen MR) is 79.2 cm³/mol. The highest BCUT2D eigenvalue weighted by Crippen LogP contribution is 2.34. The molecule has 1 heterocycles. The van der Waals surface area contributed by atoms with E-state index in [1.165, 1.54) is 0 Å². The van der Waals surface area contributed by atoms with E-state index in [0.717, 1.165) is 28.1 Å². The first-order valence-electron chi connectivity index (χ1n) is 6.72. The summed E-state index contributed by atoms with van der Waals surface area (Å²) in [6.45, 7) is 2.02. The van der Waals surface area contributed by atoms with Crippen LogP contribution in [0.5, 0.6) is 5.75 Å². The zero-order chi connectivity index (χ0) is 14.1. The average Bonchev–Trinajstić information content (AvgIpc) is 2.76. The molecule has 0 unspecified atom stereocenters. The van der Waals surface area contributed by atoms with E-state index in [4.69, 9.17) is 4.74 Å². The van der Waals surface area contributed by atoms with Crippen molar-refractivity contribution in [1.29, 1.82) is 0 Å². The van der Waals surface area contributed by atoms with E-state index in [-0.39, 0.29) is 11.8 Å². The summed E-state index contributed by atoms with van der Waals surface area (Å²) in [5.74, 6) is 0.865. The topological polar surface area (TPSA) is 38.3 Å². The number of para-hydroxylation sites is 1. The summed E-state index contributed by atoms with van der Waals surface area (Å²) in [4.78, 5) is 12.1. The molecule has 1 aliphatic heterocycles. The molecule has 1 amide bonds. The molecule has 20 heavy (non-hydrogen) atoms. The highest BCUT2D eigenvalue weighted by molar-refractivity contribution is 6.03. The Morgan fingerprint density at radius 1 is 1.20 bits per heavy atom. The Bertz CT molecular complexity index is 664. The van der Waals surface area contributed by atoms with Crippen LogP contribution in [0.25, 0.3) is 0 Å². The SMILES string of the molecule is COc1ccc(C[C@@H]2C(=O)Nc3ccccc32)cc1C. The van der Waals surface area contributed by atoms with Gasteiger partial charge in [-0.25, -0.2) is 0 Å². The number of hydrogen-bond donors (Lipinski definition) is 1. The highest BCUT2D eigenvalue weighted by Gasteiger charge is 2.30. The molecule has 1 aliphatic rings. The van der Waals surface area contributed by atoms with Gasteiger partial charge in [0, 0.05) is 5.69 Å². The minimum atomic E-state index is -0.0982. The standard InChI is InChI=1S/C17H17NO2/c1-11-9-12(7-8-16(11)20-2)10-14-13-5-3-4-6-15(13)18-17(14)19/h3-9,14H,10H2,1-2H3,(H,18,19)/t14-/m0/s1. The Morgan fingerprint density at radius 3 is 2.75 bits per heavy atom. The molecule has 0 spiro atoms. The molecular formula is C17H17NO2. The van der Waals surface area contributed by atoms with Crippen molar-refractivity contribution < 1.29 is 9.53 Å². The zero-order valence-corrected chi connectivity index (χ0v) is 11.6. The first-order chi connectivity index (χ1) is 9.69. The monoisotopic (exact) mass is 267 g/mol. The fourth-order valence-corrected chi connectivity index (χ4v) is 2.78. The lowest BCUT2D eigenvalue weighted by molar-refractivity contribution is -0.117. The number of amides is 1. The Labute approximate surface area is 118 Å². The first-order valence-corrected chi connectivity index (χ1v) is 6.72. The van der Waals surface area contributed by atoms with Gasteiger partial charge in [0.2, 0.25) is 5.91 Å². The van der Waals surface area contributed by atoms with Crippen LogP contribution in [0.4, 0.5) is 5.69 Å². The van der Waals surface area contributed by atoms with Gasteiger partial charge in [0.05, 0.1) is 13.0 Å². The number of fused-ring (bicyclic) bond motifs is 1. The average molecular weight is 267 g/mol. The van der Waals surface area contributed by atoms with Crippen LogP contribution in [-0.2, 0) is 11.2 Å². The van der Waals surface area contributed by atoms with Crippen molar-refractivity contribution in [3.8, 4) is 5.75 Å². The van der Waals surface area contributed by atoms with Gasteiger partial charge in [-0.3, -0.25) is 4.79 Å². The molecule has 0 aromatic heterocycles. The van der Waals surface area contributed by atoms with Crippen LogP contribution in [0.1, 0.15) is 22.6 Å². The molecule has 0 fully saturated rings. The number of nitrogens with one attached hydrogen (secondary N) is 1. The van der Waals surface area contributed by atoms with E-state index >= 15 is 0 Å². The quantitative estimate of drug-likeness (QED) is 0.926. The number of rotatable bonds is 3. The number of hydrogen-bond acceptors (Lipinski definition) is 2. The van der Waals surface area contributed by atoms with Gasteiger partial charge in [-0.05, 0) is 42.2 Å². The number of carbonyl (C=O) groups is 1. The second-order valence-corrected chi connectivity index (χ2v) is 5.14. The summed E-state index contributed by atoms with van der Waals surface area (Å²) >= 11 is 0. The van der Waals surface area contributed by atoms with Crippen molar-refractivity contribution in [2.45, 2.75) is 19.3 Å². The van der Waals surface area contributed by atoms with Crippen LogP contribution < -0.4 is 10.1 Å². The van der Waals surface area contributed by atoms with E-state index < -0.39 is 0 Å². The van der Waals surface area contributed by atoms with Crippen molar-refractivity contribution >= 4 is 11.6 Å². The number of ether oxygens (including phenoxy) is 1. The van der Waals surface area contributed by atoms with Gasteiger partial charge in [0.15, 0.2) is 0 Å². The number of carbonyl (C=O) groups excluding carboxylic acids is 1. The maximum Gasteiger partial charge on any atom is 0.232 e. The van der Waals surface area contributed by atoms with Crippen LogP contribution >= 0.6 is 0 Å². The molecule has 2 aromatic rings. The molecule has 3 rings (SSSR count). The Balaban J connectivity index is 1.88.